The fourth-order valence-corrected chi connectivity index (χ4v) is 2.89. The number of thiophene rings is 1. The third-order valence-electron chi connectivity index (χ3n) is 2.65. The molecule has 20 heavy (non-hydrogen) atoms. The number of likely N-dealkylation sites (N-methyl/N-ethyl adjacent to an activating group) is 1. The van der Waals surface area contributed by atoms with E-state index in [-0.39, 0.29) is 11.8 Å². The predicted octanol–water partition coefficient (Wildman–Crippen LogP) is 3.05. The van der Waals surface area contributed by atoms with Gasteiger partial charge in [0.05, 0.1) is 15.1 Å². The van der Waals surface area contributed by atoms with Crippen LogP contribution in [0.3, 0.4) is 0 Å². The highest BCUT2D eigenvalue weighted by molar-refractivity contribution is 9.11. The van der Waals surface area contributed by atoms with E-state index in [2.05, 4.69) is 26.6 Å². The van der Waals surface area contributed by atoms with Gasteiger partial charge in [-0.05, 0) is 45.8 Å². The molecule has 2 amide bonds. The number of rotatable bonds is 4. The average molecular weight is 353 g/mol. The monoisotopic (exact) mass is 352 g/mol. The van der Waals surface area contributed by atoms with Gasteiger partial charge in [0.2, 0.25) is 5.91 Å². The van der Waals surface area contributed by atoms with Crippen LogP contribution in [0.1, 0.15) is 15.2 Å². The summed E-state index contributed by atoms with van der Waals surface area (Å²) in [6.45, 7) is 0. The number of anilines is 1. The summed E-state index contributed by atoms with van der Waals surface area (Å²) >= 11 is 4.71. The maximum absolute atomic E-state index is 12.0. The summed E-state index contributed by atoms with van der Waals surface area (Å²) in [6.07, 6.45) is 0.336. The van der Waals surface area contributed by atoms with E-state index in [1.54, 1.807) is 25.2 Å². The van der Waals surface area contributed by atoms with E-state index in [1.807, 2.05) is 18.2 Å². The van der Waals surface area contributed by atoms with Gasteiger partial charge >= 0.3 is 0 Å². The molecular formula is C14H13BrN2O2S. The zero-order valence-corrected chi connectivity index (χ0v) is 13.2. The largest absolute Gasteiger partial charge is 0.359 e. The van der Waals surface area contributed by atoms with Crippen molar-refractivity contribution in [1.29, 1.82) is 0 Å². The van der Waals surface area contributed by atoms with Gasteiger partial charge in [0.15, 0.2) is 0 Å². The van der Waals surface area contributed by atoms with Gasteiger partial charge < -0.3 is 10.6 Å². The van der Waals surface area contributed by atoms with Gasteiger partial charge in [-0.25, -0.2) is 0 Å². The molecule has 0 unspecified atom stereocenters. The smallest absolute Gasteiger partial charge is 0.265 e. The highest BCUT2D eigenvalue weighted by atomic mass is 79.9. The van der Waals surface area contributed by atoms with Crippen molar-refractivity contribution in [2.24, 2.45) is 0 Å². The first kappa shape index (κ1) is 14.7. The summed E-state index contributed by atoms with van der Waals surface area (Å²) in [4.78, 5) is 23.8. The Hall–Kier alpha value is -1.66. The second-order valence-electron chi connectivity index (χ2n) is 4.10. The van der Waals surface area contributed by atoms with Crippen LogP contribution in [-0.2, 0) is 11.2 Å². The standard InChI is InChI=1S/C14H13BrN2O2S/c1-16-13(18)8-9-2-4-10(5-3-9)17-14(19)11-6-7-12(15)20-11/h2-7H,8H2,1H3,(H,16,18)(H,17,19). The van der Waals surface area contributed by atoms with Crippen LogP contribution in [0, 0.1) is 0 Å². The Bertz CT molecular complexity index is 622. The molecule has 2 rings (SSSR count). The number of hydrogen-bond donors (Lipinski definition) is 2. The van der Waals surface area contributed by atoms with Gasteiger partial charge in [0, 0.05) is 12.7 Å². The van der Waals surface area contributed by atoms with Crippen LogP contribution in [0.2, 0.25) is 0 Å². The molecule has 0 fully saturated rings. The van der Waals surface area contributed by atoms with E-state index in [1.165, 1.54) is 11.3 Å². The number of hydrogen-bond acceptors (Lipinski definition) is 3. The summed E-state index contributed by atoms with van der Waals surface area (Å²) in [6, 6.07) is 10.8. The molecule has 0 radical (unpaired) electrons. The number of nitrogens with one attached hydrogen (secondary N) is 2. The van der Waals surface area contributed by atoms with Crippen LogP contribution in [0.5, 0.6) is 0 Å². The van der Waals surface area contributed by atoms with Crippen LogP contribution in [0.15, 0.2) is 40.2 Å². The molecule has 0 bridgehead atoms. The molecule has 0 aliphatic carbocycles. The highest BCUT2D eigenvalue weighted by Crippen LogP contribution is 2.23. The Morgan fingerprint density at radius 2 is 1.85 bits per heavy atom. The number of carbonyl (C=O) groups excluding carboxylic acids is 2. The van der Waals surface area contributed by atoms with E-state index < -0.39 is 0 Å². The first-order chi connectivity index (χ1) is 9.58. The molecule has 0 spiro atoms. The molecule has 4 nitrogen and oxygen atoms in total. The van der Waals surface area contributed by atoms with E-state index in [0.29, 0.717) is 17.0 Å². The minimum Gasteiger partial charge on any atom is -0.359 e. The van der Waals surface area contributed by atoms with E-state index in [9.17, 15) is 9.59 Å². The van der Waals surface area contributed by atoms with Crippen molar-refractivity contribution in [3.05, 3.63) is 50.6 Å². The van der Waals surface area contributed by atoms with Crippen LogP contribution in [0.25, 0.3) is 0 Å². The van der Waals surface area contributed by atoms with Gasteiger partial charge in [0.1, 0.15) is 0 Å². The van der Waals surface area contributed by atoms with Crippen molar-refractivity contribution in [2.75, 3.05) is 12.4 Å². The summed E-state index contributed by atoms with van der Waals surface area (Å²) in [5.41, 5.74) is 1.61. The summed E-state index contributed by atoms with van der Waals surface area (Å²) in [7, 11) is 1.61. The van der Waals surface area contributed by atoms with E-state index in [4.69, 9.17) is 0 Å². The molecule has 104 valence electrons. The van der Waals surface area contributed by atoms with Crippen LogP contribution in [0.4, 0.5) is 5.69 Å². The second-order valence-corrected chi connectivity index (χ2v) is 6.57. The molecule has 2 N–H and O–H groups in total. The van der Waals surface area contributed by atoms with E-state index in [0.717, 1.165) is 9.35 Å². The third kappa shape index (κ3) is 3.91. The lowest BCUT2D eigenvalue weighted by atomic mass is 10.1. The fourth-order valence-electron chi connectivity index (χ4n) is 1.61. The number of carbonyl (C=O) groups is 2. The lowest BCUT2D eigenvalue weighted by Gasteiger charge is -2.05. The van der Waals surface area contributed by atoms with Gasteiger partial charge in [-0.15, -0.1) is 11.3 Å². The highest BCUT2D eigenvalue weighted by Gasteiger charge is 2.09. The molecule has 0 saturated heterocycles. The Labute approximate surface area is 129 Å². The fraction of sp³-hybridized carbons (Fsp3) is 0.143. The molecule has 1 aromatic carbocycles. The minimum atomic E-state index is -0.139. The molecule has 0 aliphatic heterocycles. The maximum atomic E-state index is 12.0. The van der Waals surface area contributed by atoms with E-state index >= 15 is 0 Å². The molecule has 0 atom stereocenters. The molecule has 0 saturated carbocycles. The Kier molecular flexibility index (Phi) is 4.92. The Balaban J connectivity index is 2.00. The predicted molar refractivity (Wildman–Crippen MR) is 84.2 cm³/mol. The Morgan fingerprint density at radius 1 is 1.15 bits per heavy atom. The van der Waals surface area contributed by atoms with Crippen molar-refractivity contribution in [3.8, 4) is 0 Å². The summed E-state index contributed by atoms with van der Waals surface area (Å²) in [5.74, 6) is -0.176. The first-order valence-electron chi connectivity index (χ1n) is 5.94. The zero-order chi connectivity index (χ0) is 14.5. The quantitative estimate of drug-likeness (QED) is 0.888. The van der Waals surface area contributed by atoms with Crippen molar-refractivity contribution in [3.63, 3.8) is 0 Å². The van der Waals surface area contributed by atoms with Gasteiger partial charge in [0.25, 0.3) is 5.91 Å². The second kappa shape index (κ2) is 6.67. The molecular weight excluding hydrogens is 340 g/mol. The Morgan fingerprint density at radius 3 is 2.40 bits per heavy atom. The van der Waals surface area contributed by atoms with Gasteiger partial charge in [-0.3, -0.25) is 9.59 Å². The van der Waals surface area contributed by atoms with Crippen molar-refractivity contribution < 1.29 is 9.59 Å². The topological polar surface area (TPSA) is 58.2 Å². The lowest BCUT2D eigenvalue weighted by Crippen LogP contribution is -2.19. The summed E-state index contributed by atoms with van der Waals surface area (Å²) in [5, 5.41) is 5.39. The minimum absolute atomic E-state index is 0.0368. The van der Waals surface area contributed by atoms with Crippen molar-refractivity contribution in [2.45, 2.75) is 6.42 Å². The average Bonchev–Trinajstić information content (AvgIpc) is 2.87. The van der Waals surface area contributed by atoms with Crippen LogP contribution >= 0.6 is 27.3 Å². The normalized spacial score (nSPS) is 10.1. The number of benzene rings is 1. The molecule has 1 heterocycles. The maximum Gasteiger partial charge on any atom is 0.265 e. The third-order valence-corrected chi connectivity index (χ3v) is 4.27. The number of amides is 2. The SMILES string of the molecule is CNC(=O)Cc1ccc(NC(=O)c2ccc(Br)s2)cc1. The molecule has 1 aromatic heterocycles. The van der Waals surface area contributed by atoms with Gasteiger partial charge in [-0.2, -0.15) is 0 Å². The summed E-state index contributed by atoms with van der Waals surface area (Å²) < 4.78 is 0.920. The first-order valence-corrected chi connectivity index (χ1v) is 7.55. The number of halogens is 1. The van der Waals surface area contributed by atoms with Gasteiger partial charge in [-0.1, -0.05) is 12.1 Å². The molecule has 2 aromatic rings. The zero-order valence-electron chi connectivity index (χ0n) is 10.8. The molecule has 0 aliphatic rings. The van der Waals surface area contributed by atoms with Crippen molar-refractivity contribution >= 4 is 44.8 Å². The van der Waals surface area contributed by atoms with Crippen molar-refractivity contribution in [1.82, 2.24) is 5.32 Å². The van der Waals surface area contributed by atoms with Crippen LogP contribution in [-0.4, -0.2) is 18.9 Å². The lowest BCUT2D eigenvalue weighted by molar-refractivity contribution is -0.119. The van der Waals surface area contributed by atoms with Crippen LogP contribution < -0.4 is 10.6 Å². The molecule has 6 heteroatoms.